The Labute approximate surface area is 155 Å². The Kier molecular flexibility index (Phi) is 6.84. The van der Waals surface area contributed by atoms with Crippen molar-refractivity contribution in [2.24, 2.45) is 0 Å². The maximum atomic E-state index is 12.2. The monoisotopic (exact) mass is 373 g/mol. The summed E-state index contributed by atoms with van der Waals surface area (Å²) in [6.45, 7) is -0.186. The van der Waals surface area contributed by atoms with E-state index in [9.17, 15) is 19.7 Å². The fourth-order valence-corrected chi connectivity index (χ4v) is 2.39. The lowest BCUT2D eigenvalue weighted by molar-refractivity contribution is -0.384. The average Bonchev–Trinajstić information content (AvgIpc) is 2.68. The lowest BCUT2D eigenvalue weighted by atomic mass is 10.1. The van der Waals surface area contributed by atoms with Crippen LogP contribution in [0.25, 0.3) is 0 Å². The number of rotatable bonds is 8. The molecule has 9 nitrogen and oxygen atoms in total. The van der Waals surface area contributed by atoms with E-state index >= 15 is 0 Å². The summed E-state index contributed by atoms with van der Waals surface area (Å²) < 4.78 is 9.85. The molecular formula is C18H19N3O6. The van der Waals surface area contributed by atoms with Gasteiger partial charge in [-0.05, 0) is 11.6 Å². The summed E-state index contributed by atoms with van der Waals surface area (Å²) in [6, 6.07) is 11.9. The number of carbonyl (C=O) groups excluding carboxylic acids is 2. The van der Waals surface area contributed by atoms with Crippen LogP contribution in [0, 0.1) is 10.1 Å². The fourth-order valence-electron chi connectivity index (χ4n) is 2.39. The predicted molar refractivity (Wildman–Crippen MR) is 97.5 cm³/mol. The smallest absolute Gasteiger partial charge is 0.327 e. The summed E-state index contributed by atoms with van der Waals surface area (Å²) in [5, 5.41) is 16.2. The van der Waals surface area contributed by atoms with Gasteiger partial charge in [-0.3, -0.25) is 20.2 Å². The molecule has 0 bridgehead atoms. The minimum Gasteiger partial charge on any atom is -0.494 e. The molecule has 0 fully saturated rings. The summed E-state index contributed by atoms with van der Waals surface area (Å²) in [5.74, 6) is -0.820. The number of amides is 1. The van der Waals surface area contributed by atoms with Crippen molar-refractivity contribution >= 4 is 23.3 Å². The van der Waals surface area contributed by atoms with Crippen molar-refractivity contribution in [3.05, 3.63) is 64.2 Å². The quantitative estimate of drug-likeness (QED) is 0.413. The Morgan fingerprint density at radius 2 is 1.85 bits per heavy atom. The van der Waals surface area contributed by atoms with E-state index in [1.54, 1.807) is 24.3 Å². The molecule has 0 aliphatic heterocycles. The van der Waals surface area contributed by atoms with Crippen molar-refractivity contribution in [3.8, 4) is 5.75 Å². The number of benzene rings is 2. The van der Waals surface area contributed by atoms with Crippen molar-refractivity contribution in [1.29, 1.82) is 0 Å². The van der Waals surface area contributed by atoms with Crippen molar-refractivity contribution < 1.29 is 24.0 Å². The third-order valence-corrected chi connectivity index (χ3v) is 3.71. The van der Waals surface area contributed by atoms with Crippen LogP contribution in [0.4, 0.5) is 11.4 Å². The topological polar surface area (TPSA) is 120 Å². The van der Waals surface area contributed by atoms with Gasteiger partial charge in [-0.1, -0.05) is 30.3 Å². The number of ether oxygens (including phenoxy) is 2. The highest BCUT2D eigenvalue weighted by atomic mass is 16.6. The van der Waals surface area contributed by atoms with Crippen LogP contribution in [0.5, 0.6) is 5.75 Å². The maximum absolute atomic E-state index is 12.2. The van der Waals surface area contributed by atoms with E-state index in [4.69, 9.17) is 9.47 Å². The minimum absolute atomic E-state index is 0.155. The van der Waals surface area contributed by atoms with Crippen molar-refractivity contribution in [1.82, 2.24) is 5.32 Å². The summed E-state index contributed by atoms with van der Waals surface area (Å²) in [5.41, 5.74) is 0.784. The van der Waals surface area contributed by atoms with Gasteiger partial charge in [-0.15, -0.1) is 0 Å². The second-order valence-corrected chi connectivity index (χ2v) is 5.44. The van der Waals surface area contributed by atoms with Crippen molar-refractivity contribution in [3.63, 3.8) is 0 Å². The Morgan fingerprint density at radius 1 is 1.15 bits per heavy atom. The molecule has 1 amide bonds. The second kappa shape index (κ2) is 9.30. The van der Waals surface area contributed by atoms with Gasteiger partial charge in [-0.2, -0.15) is 0 Å². The zero-order chi connectivity index (χ0) is 19.8. The van der Waals surface area contributed by atoms with Gasteiger partial charge in [-0.25, -0.2) is 4.79 Å². The van der Waals surface area contributed by atoms with Crippen molar-refractivity contribution in [2.45, 2.75) is 6.04 Å². The molecule has 0 aliphatic carbocycles. The normalized spacial score (nSPS) is 11.3. The fraction of sp³-hybridized carbons (Fsp3) is 0.222. The van der Waals surface area contributed by atoms with Gasteiger partial charge < -0.3 is 14.8 Å². The van der Waals surface area contributed by atoms with E-state index < -0.39 is 22.8 Å². The first-order chi connectivity index (χ1) is 13.0. The number of anilines is 1. The van der Waals surface area contributed by atoms with Crippen LogP contribution in [0.1, 0.15) is 11.6 Å². The number of nitro benzene ring substituents is 1. The molecule has 0 aromatic heterocycles. The van der Waals surface area contributed by atoms with Gasteiger partial charge in [0.15, 0.2) is 0 Å². The van der Waals surface area contributed by atoms with Crippen LogP contribution in [-0.4, -0.2) is 37.6 Å². The molecular weight excluding hydrogens is 354 g/mol. The third-order valence-electron chi connectivity index (χ3n) is 3.71. The van der Waals surface area contributed by atoms with Crippen LogP contribution in [0.3, 0.4) is 0 Å². The molecule has 0 radical (unpaired) electrons. The van der Waals surface area contributed by atoms with Gasteiger partial charge in [0.25, 0.3) is 5.69 Å². The molecule has 2 aromatic carbocycles. The summed E-state index contributed by atoms with van der Waals surface area (Å²) >= 11 is 0. The minimum atomic E-state index is -0.805. The maximum Gasteiger partial charge on any atom is 0.327 e. The first kappa shape index (κ1) is 19.9. The number of nitrogens with zero attached hydrogens (tertiary/aromatic N) is 1. The number of esters is 1. The van der Waals surface area contributed by atoms with Crippen LogP contribution in [-0.2, 0) is 14.3 Å². The Balaban J connectivity index is 2.06. The molecule has 9 heteroatoms. The van der Waals surface area contributed by atoms with Gasteiger partial charge in [0.1, 0.15) is 11.8 Å². The van der Waals surface area contributed by atoms with Gasteiger partial charge in [0.05, 0.1) is 37.4 Å². The SMILES string of the molecule is COC(=O)[C@@H](NCC(=O)Nc1ccc([N+](=O)[O-])cc1OC)c1ccccc1. The summed E-state index contributed by atoms with van der Waals surface area (Å²) in [6.07, 6.45) is 0. The summed E-state index contributed by atoms with van der Waals surface area (Å²) in [4.78, 5) is 34.5. The largest absolute Gasteiger partial charge is 0.494 e. The van der Waals surface area contributed by atoms with E-state index in [0.717, 1.165) is 0 Å². The molecule has 0 unspecified atom stereocenters. The number of carbonyl (C=O) groups is 2. The van der Waals surface area contributed by atoms with Crippen LogP contribution in [0.15, 0.2) is 48.5 Å². The van der Waals surface area contributed by atoms with Crippen LogP contribution in [0.2, 0.25) is 0 Å². The number of hydrogen-bond acceptors (Lipinski definition) is 7. The summed E-state index contributed by atoms with van der Waals surface area (Å²) in [7, 11) is 2.61. The van der Waals surface area contributed by atoms with Gasteiger partial charge in [0, 0.05) is 6.07 Å². The third kappa shape index (κ3) is 5.25. The lowest BCUT2D eigenvalue weighted by Crippen LogP contribution is -2.35. The zero-order valence-electron chi connectivity index (χ0n) is 14.8. The molecule has 2 rings (SSSR count). The molecule has 1 atom stereocenters. The number of nitro groups is 1. The molecule has 0 spiro atoms. The highest BCUT2D eigenvalue weighted by Gasteiger charge is 2.22. The van der Waals surface area contributed by atoms with E-state index in [1.165, 1.54) is 32.4 Å². The van der Waals surface area contributed by atoms with E-state index in [0.29, 0.717) is 5.56 Å². The molecule has 27 heavy (non-hydrogen) atoms. The van der Waals surface area contributed by atoms with Gasteiger partial charge >= 0.3 is 5.97 Å². The van der Waals surface area contributed by atoms with Crippen LogP contribution < -0.4 is 15.4 Å². The molecule has 0 saturated carbocycles. The van der Waals surface area contributed by atoms with E-state index in [-0.39, 0.29) is 23.7 Å². The number of nitrogens with one attached hydrogen (secondary N) is 2. The second-order valence-electron chi connectivity index (χ2n) is 5.44. The molecule has 2 aromatic rings. The van der Waals surface area contributed by atoms with Crippen molar-refractivity contribution in [2.75, 3.05) is 26.1 Å². The number of hydrogen-bond donors (Lipinski definition) is 2. The first-order valence-electron chi connectivity index (χ1n) is 7.94. The zero-order valence-corrected chi connectivity index (χ0v) is 14.8. The van der Waals surface area contributed by atoms with Gasteiger partial charge in [0.2, 0.25) is 5.91 Å². The van der Waals surface area contributed by atoms with E-state index in [2.05, 4.69) is 10.6 Å². The highest BCUT2D eigenvalue weighted by Crippen LogP contribution is 2.28. The Morgan fingerprint density at radius 3 is 2.44 bits per heavy atom. The number of non-ortho nitro benzene ring substituents is 1. The molecule has 0 saturated heterocycles. The first-order valence-corrected chi connectivity index (χ1v) is 7.94. The van der Waals surface area contributed by atoms with Crippen LogP contribution >= 0.6 is 0 Å². The highest BCUT2D eigenvalue weighted by molar-refractivity contribution is 5.94. The molecule has 142 valence electrons. The van der Waals surface area contributed by atoms with E-state index in [1.807, 2.05) is 6.07 Å². The Bertz CT molecular complexity index is 825. The predicted octanol–water partition coefficient (Wildman–Crippen LogP) is 2.05. The Hall–Kier alpha value is -3.46. The molecule has 0 heterocycles. The standard InChI is InChI=1S/C18H19N3O6/c1-26-15-10-13(21(24)25)8-9-14(15)20-16(22)11-19-17(18(23)27-2)12-6-4-3-5-7-12/h3-10,17,19H,11H2,1-2H3,(H,20,22)/t17-/m0/s1. The number of methoxy groups -OCH3 is 2. The molecule has 2 N–H and O–H groups in total. The lowest BCUT2D eigenvalue weighted by Gasteiger charge is -2.17. The molecule has 0 aliphatic rings. The average molecular weight is 373 g/mol.